The first-order valence-corrected chi connectivity index (χ1v) is 15.6. The minimum Gasteiger partial charge on any atom is -0.494 e. The van der Waals surface area contributed by atoms with Gasteiger partial charge in [0.05, 0.1) is 19.4 Å². The number of halogens is 1. The topological polar surface area (TPSA) is 123 Å². The van der Waals surface area contributed by atoms with Crippen molar-refractivity contribution in [2.75, 3.05) is 26.2 Å². The van der Waals surface area contributed by atoms with Gasteiger partial charge in [-0.05, 0) is 51.0 Å². The summed E-state index contributed by atoms with van der Waals surface area (Å²) in [4.78, 5) is 41.1. The van der Waals surface area contributed by atoms with E-state index in [1.54, 1.807) is 84.9 Å². The summed E-state index contributed by atoms with van der Waals surface area (Å²) < 4.78 is 18.1. The van der Waals surface area contributed by atoms with Crippen molar-refractivity contribution in [1.82, 2.24) is 4.90 Å². The molecule has 240 valence electrons. The monoisotopic (exact) mass is 637 g/mol. The third-order valence-corrected chi connectivity index (χ3v) is 8.64. The van der Waals surface area contributed by atoms with Gasteiger partial charge in [-0.3, -0.25) is 9.59 Å². The molecule has 1 saturated heterocycles. The molecule has 4 rings (SSSR count). The molecule has 3 unspecified atom stereocenters. The fraction of sp³-hybridized carbons (Fsp3) is 0.400. The number of cyclic esters (lactones) is 2. The Morgan fingerprint density at radius 3 is 2.00 bits per heavy atom. The lowest BCUT2D eigenvalue weighted by molar-refractivity contribution is -0.219. The number of benzene rings is 3. The molecule has 1 heterocycles. The summed E-state index contributed by atoms with van der Waals surface area (Å²) in [7, 11) is 0. The van der Waals surface area contributed by atoms with Gasteiger partial charge < -0.3 is 29.3 Å². The third-order valence-electron chi connectivity index (χ3n) is 8.08. The van der Waals surface area contributed by atoms with E-state index in [2.05, 4.69) is 18.7 Å². The van der Waals surface area contributed by atoms with Crippen molar-refractivity contribution >= 4 is 29.5 Å². The van der Waals surface area contributed by atoms with E-state index in [1.807, 2.05) is 0 Å². The molecule has 1 aliphatic heterocycles. The number of hydrogen-bond acceptors (Lipinski definition) is 8. The highest BCUT2D eigenvalue weighted by molar-refractivity contribution is 6.25. The number of unbranched alkanes of at least 4 members (excludes halogenated alkanes) is 2. The number of carboxylic acid groups (broad SMARTS) is 1. The molecule has 0 aliphatic carbocycles. The summed E-state index contributed by atoms with van der Waals surface area (Å²) in [5, 5.41) is 18.2. The van der Waals surface area contributed by atoms with Crippen molar-refractivity contribution in [3.8, 4) is 5.75 Å². The molecule has 1 aliphatic rings. The number of ether oxygens (including phenoxy) is 3. The van der Waals surface area contributed by atoms with E-state index in [0.717, 1.165) is 38.9 Å². The van der Waals surface area contributed by atoms with Gasteiger partial charge in [-0.25, -0.2) is 4.79 Å². The second-order valence-corrected chi connectivity index (χ2v) is 11.6. The zero-order valence-corrected chi connectivity index (χ0v) is 26.4. The van der Waals surface area contributed by atoms with Gasteiger partial charge in [-0.15, -0.1) is 0 Å². The Bertz CT molecular complexity index is 1430. The number of aliphatic carboxylic acids is 1. The Hall–Kier alpha value is -3.92. The number of nitrogens with zero attached hydrogens (tertiary/aromatic N) is 1. The largest absolute Gasteiger partial charge is 0.494 e. The Morgan fingerprint density at radius 1 is 0.844 bits per heavy atom. The average molecular weight is 638 g/mol. The summed E-state index contributed by atoms with van der Waals surface area (Å²) in [6.07, 6.45) is 0.981. The summed E-state index contributed by atoms with van der Waals surface area (Å²) in [6, 6.07) is 23.7. The van der Waals surface area contributed by atoms with Gasteiger partial charge in [-0.1, -0.05) is 98.2 Å². The molecule has 3 aromatic rings. The highest BCUT2D eigenvalue weighted by Crippen LogP contribution is 2.55. The van der Waals surface area contributed by atoms with E-state index in [4.69, 9.17) is 25.8 Å². The molecule has 3 atom stereocenters. The average Bonchev–Trinajstić information content (AvgIpc) is 3.03. The van der Waals surface area contributed by atoms with Crippen LogP contribution in [-0.2, 0) is 34.5 Å². The maximum absolute atomic E-state index is 13.6. The highest BCUT2D eigenvalue weighted by atomic mass is 35.5. The lowest BCUT2D eigenvalue weighted by Gasteiger charge is -2.48. The third kappa shape index (κ3) is 7.49. The van der Waals surface area contributed by atoms with Gasteiger partial charge in [-0.2, -0.15) is 0 Å². The number of aliphatic hydroxyl groups is 1. The Labute approximate surface area is 268 Å². The van der Waals surface area contributed by atoms with Crippen LogP contribution in [0.2, 0.25) is 0 Å². The van der Waals surface area contributed by atoms with Crippen molar-refractivity contribution < 1.29 is 38.8 Å². The molecule has 0 saturated carbocycles. The predicted molar refractivity (Wildman–Crippen MR) is 169 cm³/mol. The van der Waals surface area contributed by atoms with Crippen LogP contribution in [0.5, 0.6) is 5.75 Å². The fourth-order valence-electron chi connectivity index (χ4n) is 5.64. The van der Waals surface area contributed by atoms with Crippen molar-refractivity contribution in [2.24, 2.45) is 0 Å². The zero-order chi connectivity index (χ0) is 32.5. The molecule has 2 N–H and O–H groups in total. The standard InChI is InChI=1S/C35H40ClNO8/c1-3-37(4-2)22-12-7-13-23-43-29-20-18-27(19-21-29)34(26-14-8-5-9-15-26)35(36,28-16-10-6-11-17-28)45-32(41)33(42,24-30(38)39)25-31(40)44-34/h5-6,8-11,14-21,42H,3-4,7,12-13,22-25H2,1-2H3,(H,38,39). The van der Waals surface area contributed by atoms with Crippen molar-refractivity contribution in [3.05, 3.63) is 102 Å². The zero-order valence-electron chi connectivity index (χ0n) is 25.6. The van der Waals surface area contributed by atoms with E-state index < -0.39 is 47.0 Å². The lowest BCUT2D eigenvalue weighted by atomic mass is 9.77. The van der Waals surface area contributed by atoms with Crippen LogP contribution in [0.1, 0.15) is 62.6 Å². The first-order chi connectivity index (χ1) is 21.6. The van der Waals surface area contributed by atoms with Crippen LogP contribution in [0.25, 0.3) is 0 Å². The molecular weight excluding hydrogens is 598 g/mol. The second-order valence-electron chi connectivity index (χ2n) is 11.1. The van der Waals surface area contributed by atoms with E-state index in [0.29, 0.717) is 23.5 Å². The Balaban J connectivity index is 1.73. The lowest BCUT2D eigenvalue weighted by Crippen LogP contribution is -2.58. The molecule has 10 heteroatoms. The van der Waals surface area contributed by atoms with E-state index >= 15 is 0 Å². The maximum Gasteiger partial charge on any atom is 0.341 e. The van der Waals surface area contributed by atoms with Crippen LogP contribution in [-0.4, -0.2) is 64.9 Å². The Morgan fingerprint density at radius 2 is 1.42 bits per heavy atom. The number of hydrogen-bond donors (Lipinski definition) is 2. The maximum atomic E-state index is 13.6. The van der Waals surface area contributed by atoms with Crippen molar-refractivity contribution in [1.29, 1.82) is 0 Å². The van der Waals surface area contributed by atoms with Crippen LogP contribution >= 0.6 is 11.6 Å². The van der Waals surface area contributed by atoms with Gasteiger partial charge in [0, 0.05) is 16.7 Å². The SMILES string of the molecule is CCN(CC)CCCCCOc1ccc(C2(c3ccccc3)OC(=O)CC(O)(CC(=O)O)C(=O)OC2(Cl)c2ccccc2)cc1. The van der Waals surface area contributed by atoms with Gasteiger partial charge in [0.15, 0.2) is 5.60 Å². The van der Waals surface area contributed by atoms with E-state index in [1.165, 1.54) is 0 Å². The summed E-state index contributed by atoms with van der Waals surface area (Å²) >= 11 is 7.39. The number of alkyl halides is 1. The number of carboxylic acids is 1. The summed E-state index contributed by atoms with van der Waals surface area (Å²) in [6.45, 7) is 7.98. The number of carbonyl (C=O) groups is 3. The van der Waals surface area contributed by atoms with Crippen molar-refractivity contribution in [2.45, 2.75) is 62.2 Å². The molecule has 45 heavy (non-hydrogen) atoms. The molecular formula is C35H40ClNO8. The molecule has 0 radical (unpaired) electrons. The second kappa shape index (κ2) is 14.9. The first-order valence-electron chi connectivity index (χ1n) is 15.2. The van der Waals surface area contributed by atoms with Crippen LogP contribution in [0.15, 0.2) is 84.9 Å². The van der Waals surface area contributed by atoms with Crippen LogP contribution in [0, 0.1) is 0 Å². The highest BCUT2D eigenvalue weighted by Gasteiger charge is 2.64. The summed E-state index contributed by atoms with van der Waals surface area (Å²) in [5.41, 5.74) is -3.68. The fourth-order valence-corrected chi connectivity index (χ4v) is 6.09. The van der Waals surface area contributed by atoms with Crippen LogP contribution in [0.4, 0.5) is 0 Å². The number of carbonyl (C=O) groups excluding carboxylic acids is 2. The normalized spacial score (nSPS) is 23.5. The predicted octanol–water partition coefficient (Wildman–Crippen LogP) is 5.61. The first kappa shape index (κ1) is 34.0. The molecule has 0 spiro atoms. The number of rotatable bonds is 14. The molecule has 9 nitrogen and oxygen atoms in total. The Kier molecular flexibility index (Phi) is 11.3. The minimum absolute atomic E-state index is 0.237. The van der Waals surface area contributed by atoms with Crippen molar-refractivity contribution in [3.63, 3.8) is 0 Å². The smallest absolute Gasteiger partial charge is 0.341 e. The van der Waals surface area contributed by atoms with Gasteiger partial charge >= 0.3 is 17.9 Å². The molecule has 0 amide bonds. The van der Waals surface area contributed by atoms with Crippen LogP contribution < -0.4 is 4.74 Å². The minimum atomic E-state index is -2.70. The molecule has 3 aromatic carbocycles. The van der Waals surface area contributed by atoms with Gasteiger partial charge in [0.1, 0.15) is 5.75 Å². The number of esters is 2. The molecule has 0 aromatic heterocycles. The van der Waals surface area contributed by atoms with Gasteiger partial charge in [0.2, 0.25) is 5.60 Å². The van der Waals surface area contributed by atoms with Crippen LogP contribution in [0.3, 0.4) is 0 Å². The summed E-state index contributed by atoms with van der Waals surface area (Å²) in [5.74, 6) is -3.31. The van der Waals surface area contributed by atoms with E-state index in [-0.39, 0.29) is 5.56 Å². The van der Waals surface area contributed by atoms with Gasteiger partial charge in [0.25, 0.3) is 5.06 Å². The van der Waals surface area contributed by atoms with E-state index in [9.17, 15) is 24.6 Å². The molecule has 1 fully saturated rings. The molecule has 0 bridgehead atoms. The quantitative estimate of drug-likeness (QED) is 0.132.